The Bertz CT molecular complexity index is 412. The molecule has 0 spiro atoms. The molecule has 0 aliphatic heterocycles. The SMILES string of the molecule is CCOC(=O)C(Cn1ccnc1)(NC(C)C)C1CC1. The number of carbonyl (C=O) groups excluding carboxylic acids is 1. The van der Waals surface area contributed by atoms with Gasteiger partial charge in [-0.05, 0) is 39.5 Å². The van der Waals surface area contributed by atoms with Crippen LogP contribution in [0.3, 0.4) is 0 Å². The van der Waals surface area contributed by atoms with Gasteiger partial charge >= 0.3 is 5.97 Å². The molecule has 0 radical (unpaired) electrons. The number of nitrogens with zero attached hydrogens (tertiary/aromatic N) is 2. The van der Waals surface area contributed by atoms with Crippen molar-refractivity contribution in [2.75, 3.05) is 6.61 Å². The highest BCUT2D eigenvalue weighted by molar-refractivity contribution is 5.82. The Kier molecular flexibility index (Phi) is 4.24. The smallest absolute Gasteiger partial charge is 0.328 e. The van der Waals surface area contributed by atoms with Crippen molar-refractivity contribution < 1.29 is 9.53 Å². The Hall–Kier alpha value is -1.36. The van der Waals surface area contributed by atoms with Gasteiger partial charge in [-0.25, -0.2) is 9.78 Å². The van der Waals surface area contributed by atoms with Gasteiger partial charge in [0.25, 0.3) is 0 Å². The molecular formula is C14H23N3O2. The summed E-state index contributed by atoms with van der Waals surface area (Å²) in [5.41, 5.74) is -0.620. The van der Waals surface area contributed by atoms with Crippen molar-refractivity contribution in [1.29, 1.82) is 0 Å². The van der Waals surface area contributed by atoms with Gasteiger partial charge in [0.15, 0.2) is 0 Å². The fraction of sp³-hybridized carbons (Fsp3) is 0.714. The van der Waals surface area contributed by atoms with Crippen LogP contribution in [0.25, 0.3) is 0 Å². The summed E-state index contributed by atoms with van der Waals surface area (Å²) in [6.45, 7) is 6.96. The highest BCUT2D eigenvalue weighted by Gasteiger charge is 2.52. The Labute approximate surface area is 114 Å². The van der Waals surface area contributed by atoms with Gasteiger partial charge in [0.05, 0.1) is 19.5 Å². The van der Waals surface area contributed by atoms with Crippen LogP contribution < -0.4 is 5.32 Å². The van der Waals surface area contributed by atoms with E-state index in [4.69, 9.17) is 4.74 Å². The third kappa shape index (κ3) is 3.15. The molecule has 0 aromatic carbocycles. The van der Waals surface area contributed by atoms with Crippen LogP contribution in [-0.4, -0.2) is 33.7 Å². The van der Waals surface area contributed by atoms with Gasteiger partial charge in [-0.2, -0.15) is 0 Å². The largest absolute Gasteiger partial charge is 0.465 e. The first-order valence-electron chi connectivity index (χ1n) is 6.99. The van der Waals surface area contributed by atoms with E-state index in [2.05, 4.69) is 24.1 Å². The fourth-order valence-corrected chi connectivity index (χ4v) is 2.60. The van der Waals surface area contributed by atoms with E-state index in [1.165, 1.54) is 0 Å². The molecule has 1 aromatic heterocycles. The quantitative estimate of drug-likeness (QED) is 0.761. The highest BCUT2D eigenvalue weighted by Crippen LogP contribution is 2.41. The minimum absolute atomic E-state index is 0.139. The van der Waals surface area contributed by atoms with Crippen molar-refractivity contribution >= 4 is 5.97 Å². The number of hydrogen-bond acceptors (Lipinski definition) is 4. The first-order valence-corrected chi connectivity index (χ1v) is 6.99. The van der Waals surface area contributed by atoms with Crippen LogP contribution in [0.5, 0.6) is 0 Å². The molecular weight excluding hydrogens is 242 g/mol. The molecule has 0 saturated heterocycles. The standard InChI is InChI=1S/C14H23N3O2/c1-4-19-13(18)14(12-5-6-12,16-11(2)3)9-17-8-7-15-10-17/h7-8,10-12,16H,4-6,9H2,1-3H3. The Morgan fingerprint density at radius 2 is 2.32 bits per heavy atom. The Morgan fingerprint density at radius 3 is 2.79 bits per heavy atom. The van der Waals surface area contributed by atoms with E-state index < -0.39 is 5.54 Å². The van der Waals surface area contributed by atoms with Crippen molar-refractivity contribution in [3.05, 3.63) is 18.7 Å². The third-order valence-electron chi connectivity index (χ3n) is 3.45. The molecule has 0 amide bonds. The molecule has 1 aromatic rings. The molecule has 1 aliphatic carbocycles. The van der Waals surface area contributed by atoms with Crippen LogP contribution in [-0.2, 0) is 16.1 Å². The maximum atomic E-state index is 12.5. The lowest BCUT2D eigenvalue weighted by molar-refractivity contribution is -0.153. The summed E-state index contributed by atoms with van der Waals surface area (Å²) in [7, 11) is 0. The average Bonchev–Trinajstić information content (AvgIpc) is 3.08. The van der Waals surface area contributed by atoms with E-state index in [9.17, 15) is 4.79 Å². The molecule has 1 atom stereocenters. The number of carbonyl (C=O) groups is 1. The molecule has 5 heteroatoms. The zero-order chi connectivity index (χ0) is 13.9. The zero-order valence-electron chi connectivity index (χ0n) is 11.9. The lowest BCUT2D eigenvalue weighted by atomic mass is 9.91. The van der Waals surface area contributed by atoms with E-state index in [0.717, 1.165) is 12.8 Å². The van der Waals surface area contributed by atoms with Crippen LogP contribution in [0, 0.1) is 5.92 Å². The third-order valence-corrected chi connectivity index (χ3v) is 3.45. The second kappa shape index (κ2) is 5.74. The molecule has 1 aliphatic rings. The monoisotopic (exact) mass is 265 g/mol. The molecule has 1 N–H and O–H groups in total. The number of aromatic nitrogens is 2. The summed E-state index contributed by atoms with van der Waals surface area (Å²) in [5, 5.41) is 3.46. The predicted molar refractivity (Wildman–Crippen MR) is 72.6 cm³/mol. The predicted octanol–water partition coefficient (Wildman–Crippen LogP) is 1.59. The second-order valence-electron chi connectivity index (χ2n) is 5.50. The zero-order valence-corrected chi connectivity index (χ0v) is 11.9. The number of ether oxygens (including phenoxy) is 1. The number of esters is 1. The van der Waals surface area contributed by atoms with Crippen molar-refractivity contribution in [2.45, 2.75) is 51.7 Å². The number of nitrogens with one attached hydrogen (secondary N) is 1. The first-order chi connectivity index (χ1) is 9.08. The summed E-state index contributed by atoms with van der Waals surface area (Å²) < 4.78 is 7.27. The maximum absolute atomic E-state index is 12.5. The minimum atomic E-state index is -0.620. The first kappa shape index (κ1) is 14.1. The van der Waals surface area contributed by atoms with E-state index in [0.29, 0.717) is 19.1 Å². The molecule has 1 heterocycles. The van der Waals surface area contributed by atoms with Crippen molar-refractivity contribution in [3.8, 4) is 0 Å². The van der Waals surface area contributed by atoms with Crippen LogP contribution in [0.1, 0.15) is 33.6 Å². The lowest BCUT2D eigenvalue weighted by Gasteiger charge is -2.34. The van der Waals surface area contributed by atoms with Gasteiger partial charge in [0.2, 0.25) is 0 Å². The van der Waals surface area contributed by atoms with E-state index in [1.54, 1.807) is 12.5 Å². The van der Waals surface area contributed by atoms with Crippen LogP contribution in [0.2, 0.25) is 0 Å². The van der Waals surface area contributed by atoms with Gasteiger partial charge in [-0.15, -0.1) is 0 Å². The molecule has 5 nitrogen and oxygen atoms in total. The van der Waals surface area contributed by atoms with Crippen LogP contribution >= 0.6 is 0 Å². The number of imidazole rings is 1. The highest BCUT2D eigenvalue weighted by atomic mass is 16.5. The van der Waals surface area contributed by atoms with Crippen LogP contribution in [0.4, 0.5) is 0 Å². The molecule has 2 rings (SSSR count). The summed E-state index contributed by atoms with van der Waals surface area (Å²) >= 11 is 0. The van der Waals surface area contributed by atoms with Gasteiger partial charge in [0, 0.05) is 18.4 Å². The molecule has 1 saturated carbocycles. The fourth-order valence-electron chi connectivity index (χ4n) is 2.60. The summed E-state index contributed by atoms with van der Waals surface area (Å²) in [5.74, 6) is 0.219. The topological polar surface area (TPSA) is 56.2 Å². The summed E-state index contributed by atoms with van der Waals surface area (Å²) in [6.07, 6.45) is 7.52. The van der Waals surface area contributed by atoms with Crippen molar-refractivity contribution in [2.24, 2.45) is 5.92 Å². The molecule has 0 bridgehead atoms. The normalized spacial score (nSPS) is 18.3. The van der Waals surface area contributed by atoms with E-state index >= 15 is 0 Å². The summed E-state index contributed by atoms with van der Waals surface area (Å²) in [4.78, 5) is 16.5. The van der Waals surface area contributed by atoms with Gasteiger partial charge in [0.1, 0.15) is 5.54 Å². The molecule has 19 heavy (non-hydrogen) atoms. The molecule has 1 fully saturated rings. The van der Waals surface area contributed by atoms with Crippen molar-refractivity contribution in [3.63, 3.8) is 0 Å². The number of rotatable bonds is 7. The lowest BCUT2D eigenvalue weighted by Crippen LogP contribution is -2.59. The van der Waals surface area contributed by atoms with Gasteiger partial charge in [-0.1, -0.05) is 0 Å². The maximum Gasteiger partial charge on any atom is 0.328 e. The second-order valence-corrected chi connectivity index (χ2v) is 5.50. The van der Waals surface area contributed by atoms with Gasteiger partial charge in [-0.3, -0.25) is 5.32 Å². The minimum Gasteiger partial charge on any atom is -0.465 e. The molecule has 1 unspecified atom stereocenters. The van der Waals surface area contributed by atoms with Gasteiger partial charge < -0.3 is 9.30 Å². The molecule has 106 valence electrons. The Morgan fingerprint density at radius 1 is 1.58 bits per heavy atom. The number of hydrogen-bond donors (Lipinski definition) is 1. The van der Waals surface area contributed by atoms with E-state index in [1.807, 2.05) is 17.7 Å². The summed E-state index contributed by atoms with van der Waals surface area (Å²) in [6, 6.07) is 0.230. The Balaban J connectivity index is 2.25. The van der Waals surface area contributed by atoms with E-state index in [-0.39, 0.29) is 12.0 Å². The van der Waals surface area contributed by atoms with Crippen molar-refractivity contribution in [1.82, 2.24) is 14.9 Å². The average molecular weight is 265 g/mol. The van der Waals surface area contributed by atoms with Crippen LogP contribution in [0.15, 0.2) is 18.7 Å².